The first-order chi connectivity index (χ1) is 13.3. The van der Waals surface area contributed by atoms with Crippen molar-refractivity contribution in [3.8, 4) is 16.9 Å². The third-order valence-corrected chi connectivity index (χ3v) is 5.13. The number of rotatable bonds is 5. The Hall–Kier alpha value is -2.44. The normalized spacial score (nSPS) is 19.7. The molecule has 28 heavy (non-hydrogen) atoms. The Morgan fingerprint density at radius 3 is 1.86 bits per heavy atom. The molecule has 0 saturated heterocycles. The maximum Gasteiger partial charge on any atom is 0.387 e. The Labute approximate surface area is 158 Å². The lowest BCUT2D eigenvalue weighted by Crippen LogP contribution is -2.12. The van der Waals surface area contributed by atoms with Crippen molar-refractivity contribution in [2.24, 2.45) is 5.92 Å². The highest BCUT2D eigenvalue weighted by molar-refractivity contribution is 5.66. The molecule has 0 aliphatic heterocycles. The van der Waals surface area contributed by atoms with Crippen molar-refractivity contribution in [2.75, 3.05) is 0 Å². The molecule has 2 aromatic rings. The predicted octanol–water partition coefficient (Wildman–Crippen LogP) is 6.97. The average Bonchev–Trinajstić information content (AvgIpc) is 2.64. The van der Waals surface area contributed by atoms with Crippen molar-refractivity contribution in [3.63, 3.8) is 0 Å². The van der Waals surface area contributed by atoms with Gasteiger partial charge < -0.3 is 4.74 Å². The SMILES string of the molecule is C=CC1CCC(c2cc(F)c(-c3cc(F)c(OC(F)F)c(F)c3)c(F)c2)CC1. The molecule has 0 aromatic heterocycles. The highest BCUT2D eigenvalue weighted by atomic mass is 19.3. The van der Waals surface area contributed by atoms with Crippen LogP contribution in [0.15, 0.2) is 36.9 Å². The third-order valence-electron chi connectivity index (χ3n) is 5.13. The topological polar surface area (TPSA) is 9.23 Å². The molecule has 1 saturated carbocycles. The van der Waals surface area contributed by atoms with E-state index >= 15 is 0 Å². The minimum Gasteiger partial charge on any atom is -0.429 e. The zero-order valence-electron chi connectivity index (χ0n) is 14.8. The second-order valence-corrected chi connectivity index (χ2v) is 6.85. The van der Waals surface area contributed by atoms with Crippen molar-refractivity contribution in [3.05, 3.63) is 65.8 Å². The lowest BCUT2D eigenvalue weighted by Gasteiger charge is -2.27. The fourth-order valence-corrected chi connectivity index (χ4v) is 3.70. The van der Waals surface area contributed by atoms with E-state index in [9.17, 15) is 26.3 Å². The lowest BCUT2D eigenvalue weighted by atomic mass is 9.78. The average molecular weight is 400 g/mol. The zero-order valence-corrected chi connectivity index (χ0v) is 14.8. The van der Waals surface area contributed by atoms with Gasteiger partial charge >= 0.3 is 6.61 Å². The van der Waals surface area contributed by atoms with E-state index in [1.165, 1.54) is 0 Å². The summed E-state index contributed by atoms with van der Waals surface area (Å²) < 4.78 is 85.3. The molecule has 0 heterocycles. The standard InChI is InChI=1S/C21H18F6O/c1-2-11-3-5-12(6-4-11)13-7-15(22)19(16(23)8-13)14-9-17(24)20(18(25)10-14)28-21(26)27/h2,7-12,21H,1,3-6H2. The van der Waals surface area contributed by atoms with Gasteiger partial charge in [0.25, 0.3) is 0 Å². The van der Waals surface area contributed by atoms with E-state index in [0.29, 0.717) is 23.6 Å². The number of alkyl halides is 2. The van der Waals surface area contributed by atoms with Crippen LogP contribution < -0.4 is 4.74 Å². The molecule has 1 nitrogen and oxygen atoms in total. The van der Waals surface area contributed by atoms with Crippen LogP contribution in [0.4, 0.5) is 26.3 Å². The molecule has 0 radical (unpaired) electrons. The molecule has 2 aromatic carbocycles. The van der Waals surface area contributed by atoms with E-state index < -0.39 is 46.8 Å². The summed E-state index contributed by atoms with van der Waals surface area (Å²) in [7, 11) is 0. The van der Waals surface area contributed by atoms with Crippen LogP contribution in [0.3, 0.4) is 0 Å². The third kappa shape index (κ3) is 4.18. The summed E-state index contributed by atoms with van der Waals surface area (Å²) in [5.41, 5.74) is -0.571. The minimum atomic E-state index is -3.43. The van der Waals surface area contributed by atoms with Crippen LogP contribution in [0.5, 0.6) is 5.75 Å². The summed E-state index contributed by atoms with van der Waals surface area (Å²) in [6.07, 6.45) is 5.16. The molecule has 0 atom stereocenters. The maximum absolute atomic E-state index is 14.6. The second kappa shape index (κ2) is 8.29. The highest BCUT2D eigenvalue weighted by Gasteiger charge is 2.25. The molecule has 0 unspecified atom stereocenters. The first kappa shape index (κ1) is 20.3. The van der Waals surface area contributed by atoms with Gasteiger partial charge in [-0.1, -0.05) is 6.08 Å². The molecular formula is C21H18F6O. The zero-order chi connectivity index (χ0) is 20.4. The summed E-state index contributed by atoms with van der Waals surface area (Å²) in [6, 6.07) is 3.46. The predicted molar refractivity (Wildman–Crippen MR) is 93.2 cm³/mol. The van der Waals surface area contributed by atoms with E-state index in [4.69, 9.17) is 0 Å². The van der Waals surface area contributed by atoms with Gasteiger partial charge in [0.15, 0.2) is 17.4 Å². The van der Waals surface area contributed by atoms with Gasteiger partial charge in [-0.25, -0.2) is 17.6 Å². The lowest BCUT2D eigenvalue weighted by molar-refractivity contribution is -0.0546. The van der Waals surface area contributed by atoms with Gasteiger partial charge in [0.1, 0.15) is 11.6 Å². The molecule has 1 aliphatic carbocycles. The number of halogens is 6. The van der Waals surface area contributed by atoms with E-state index in [0.717, 1.165) is 37.8 Å². The van der Waals surface area contributed by atoms with Crippen molar-refractivity contribution in [2.45, 2.75) is 38.2 Å². The van der Waals surface area contributed by atoms with Crippen molar-refractivity contribution in [1.82, 2.24) is 0 Å². The van der Waals surface area contributed by atoms with Gasteiger partial charge in [-0.15, -0.1) is 6.58 Å². The molecule has 0 spiro atoms. The molecular weight excluding hydrogens is 382 g/mol. The molecule has 1 fully saturated rings. The highest BCUT2D eigenvalue weighted by Crippen LogP contribution is 2.39. The Balaban J connectivity index is 1.92. The Bertz CT molecular complexity index is 825. The van der Waals surface area contributed by atoms with Gasteiger partial charge in [0.05, 0.1) is 5.56 Å². The quantitative estimate of drug-likeness (QED) is 0.389. The van der Waals surface area contributed by atoms with E-state index in [2.05, 4.69) is 11.3 Å². The Morgan fingerprint density at radius 2 is 1.39 bits per heavy atom. The molecule has 3 rings (SSSR count). The number of hydrogen-bond donors (Lipinski definition) is 0. The summed E-state index contributed by atoms with van der Waals surface area (Å²) in [4.78, 5) is 0. The van der Waals surface area contributed by atoms with Crippen LogP contribution in [-0.4, -0.2) is 6.61 Å². The van der Waals surface area contributed by atoms with Crippen LogP contribution >= 0.6 is 0 Å². The van der Waals surface area contributed by atoms with Gasteiger partial charge in [-0.05, 0) is 72.9 Å². The summed E-state index contributed by atoms with van der Waals surface area (Å²) in [6.45, 7) is 0.328. The largest absolute Gasteiger partial charge is 0.429 e. The van der Waals surface area contributed by atoms with Crippen molar-refractivity contribution < 1.29 is 31.1 Å². The summed E-state index contributed by atoms with van der Waals surface area (Å²) >= 11 is 0. The van der Waals surface area contributed by atoms with Crippen LogP contribution in [0.25, 0.3) is 11.1 Å². The number of benzene rings is 2. The minimum absolute atomic E-state index is 0.00969. The van der Waals surface area contributed by atoms with Gasteiger partial charge in [0, 0.05) is 0 Å². The van der Waals surface area contributed by atoms with Crippen LogP contribution in [0, 0.1) is 29.2 Å². The Morgan fingerprint density at radius 1 is 0.857 bits per heavy atom. The molecule has 1 aliphatic rings. The molecule has 0 amide bonds. The van der Waals surface area contributed by atoms with Crippen LogP contribution in [0.2, 0.25) is 0 Å². The second-order valence-electron chi connectivity index (χ2n) is 6.85. The smallest absolute Gasteiger partial charge is 0.387 e. The summed E-state index contributed by atoms with van der Waals surface area (Å²) in [5.74, 6) is -5.80. The van der Waals surface area contributed by atoms with Gasteiger partial charge in [-0.2, -0.15) is 8.78 Å². The number of allylic oxidation sites excluding steroid dienone is 1. The summed E-state index contributed by atoms with van der Waals surface area (Å²) in [5, 5.41) is 0. The van der Waals surface area contributed by atoms with Gasteiger partial charge in [-0.3, -0.25) is 0 Å². The first-order valence-electron chi connectivity index (χ1n) is 8.85. The van der Waals surface area contributed by atoms with Crippen molar-refractivity contribution >= 4 is 0 Å². The molecule has 7 heteroatoms. The van der Waals surface area contributed by atoms with Crippen LogP contribution in [0.1, 0.15) is 37.2 Å². The van der Waals surface area contributed by atoms with Gasteiger partial charge in [0.2, 0.25) is 0 Å². The fraction of sp³-hybridized carbons (Fsp3) is 0.333. The van der Waals surface area contributed by atoms with E-state index in [1.54, 1.807) is 0 Å². The number of ether oxygens (including phenoxy) is 1. The van der Waals surface area contributed by atoms with E-state index in [1.807, 2.05) is 6.08 Å². The fourth-order valence-electron chi connectivity index (χ4n) is 3.70. The molecule has 0 bridgehead atoms. The first-order valence-corrected chi connectivity index (χ1v) is 8.85. The number of hydrogen-bond acceptors (Lipinski definition) is 1. The molecule has 0 N–H and O–H groups in total. The van der Waals surface area contributed by atoms with Crippen LogP contribution in [-0.2, 0) is 0 Å². The molecule has 150 valence electrons. The van der Waals surface area contributed by atoms with E-state index in [-0.39, 0.29) is 5.92 Å². The monoisotopic (exact) mass is 400 g/mol. The Kier molecular flexibility index (Phi) is 6.01. The maximum atomic E-state index is 14.6. The van der Waals surface area contributed by atoms with Crippen molar-refractivity contribution in [1.29, 1.82) is 0 Å².